The molecule has 1 amide bonds. The molecule has 0 unspecified atom stereocenters. The number of carbonyl (C=O) groups is 2. The Bertz CT molecular complexity index is 654. The van der Waals surface area contributed by atoms with Crippen molar-refractivity contribution in [3.05, 3.63) is 60.2 Å². The summed E-state index contributed by atoms with van der Waals surface area (Å²) in [5.74, 6) is -0.399. The first-order valence-corrected chi connectivity index (χ1v) is 7.43. The Morgan fingerprint density at radius 1 is 1.04 bits per heavy atom. The molecule has 0 aliphatic heterocycles. The predicted molar refractivity (Wildman–Crippen MR) is 90.7 cm³/mol. The molecule has 5 nitrogen and oxygen atoms in total. The highest BCUT2D eigenvalue weighted by Gasteiger charge is 2.13. The van der Waals surface area contributed by atoms with E-state index in [1.807, 2.05) is 37.3 Å². The average molecular weight is 312 g/mol. The number of esters is 1. The summed E-state index contributed by atoms with van der Waals surface area (Å²) in [5, 5.41) is 3.07. The van der Waals surface area contributed by atoms with Crippen molar-refractivity contribution < 1.29 is 14.3 Å². The van der Waals surface area contributed by atoms with E-state index in [9.17, 15) is 9.59 Å². The zero-order chi connectivity index (χ0) is 16.7. The molecule has 5 heteroatoms. The van der Waals surface area contributed by atoms with Crippen molar-refractivity contribution in [3.8, 4) is 0 Å². The van der Waals surface area contributed by atoms with E-state index in [0.29, 0.717) is 12.1 Å². The summed E-state index contributed by atoms with van der Waals surface area (Å²) in [6, 6.07) is 16.4. The van der Waals surface area contributed by atoms with Gasteiger partial charge < -0.3 is 15.0 Å². The number of anilines is 2. The summed E-state index contributed by atoms with van der Waals surface area (Å²) in [6.45, 7) is 2.72. The van der Waals surface area contributed by atoms with Crippen LogP contribution < -0.4 is 10.2 Å². The van der Waals surface area contributed by atoms with Gasteiger partial charge in [-0.15, -0.1) is 0 Å². The van der Waals surface area contributed by atoms with Gasteiger partial charge in [-0.1, -0.05) is 18.2 Å². The first kappa shape index (κ1) is 16.5. The minimum atomic E-state index is -0.381. The summed E-state index contributed by atoms with van der Waals surface area (Å²) in [4.78, 5) is 25.4. The zero-order valence-corrected chi connectivity index (χ0v) is 13.3. The fourth-order valence-corrected chi connectivity index (χ4v) is 2.23. The molecule has 0 saturated carbocycles. The molecule has 0 aromatic heterocycles. The van der Waals surface area contributed by atoms with Gasteiger partial charge in [0.25, 0.3) is 0 Å². The number of methoxy groups -OCH3 is 1. The maximum Gasteiger partial charge on any atom is 0.337 e. The Labute approximate surface area is 135 Å². The standard InChI is InChI=1S/C18H20N2O3/c1-3-20(16-7-5-4-6-8-16)17(21)13-19-15-11-9-14(10-12-15)18(22)23-2/h4-12,19H,3,13H2,1-2H3. The number of amides is 1. The molecule has 0 heterocycles. The number of hydrogen-bond donors (Lipinski definition) is 1. The lowest BCUT2D eigenvalue weighted by Crippen LogP contribution is -2.35. The van der Waals surface area contributed by atoms with Crippen LogP contribution in [0.25, 0.3) is 0 Å². The quantitative estimate of drug-likeness (QED) is 0.833. The number of para-hydroxylation sites is 1. The number of rotatable bonds is 6. The second kappa shape index (κ2) is 7.98. The Balaban J connectivity index is 1.97. The van der Waals surface area contributed by atoms with Gasteiger partial charge in [0.2, 0.25) is 5.91 Å². The summed E-state index contributed by atoms with van der Waals surface area (Å²) < 4.78 is 4.65. The van der Waals surface area contributed by atoms with E-state index in [1.54, 1.807) is 29.2 Å². The van der Waals surface area contributed by atoms with Crippen LogP contribution >= 0.6 is 0 Å². The highest BCUT2D eigenvalue weighted by atomic mass is 16.5. The van der Waals surface area contributed by atoms with Gasteiger partial charge in [0.15, 0.2) is 0 Å². The lowest BCUT2D eigenvalue weighted by molar-refractivity contribution is -0.116. The smallest absolute Gasteiger partial charge is 0.337 e. The topological polar surface area (TPSA) is 58.6 Å². The molecule has 0 aliphatic rings. The number of benzene rings is 2. The molecular formula is C18H20N2O3. The Kier molecular flexibility index (Phi) is 5.74. The van der Waals surface area contributed by atoms with Crippen LogP contribution in [-0.4, -0.2) is 32.1 Å². The summed E-state index contributed by atoms with van der Waals surface area (Å²) in [6.07, 6.45) is 0. The molecule has 23 heavy (non-hydrogen) atoms. The van der Waals surface area contributed by atoms with Gasteiger partial charge in [0.1, 0.15) is 0 Å². The molecular weight excluding hydrogens is 292 g/mol. The molecule has 0 atom stereocenters. The predicted octanol–water partition coefficient (Wildman–Crippen LogP) is 2.94. The molecule has 0 bridgehead atoms. The molecule has 0 radical (unpaired) electrons. The number of carbonyl (C=O) groups excluding carboxylic acids is 2. The Morgan fingerprint density at radius 3 is 2.26 bits per heavy atom. The SMILES string of the molecule is CCN(C(=O)CNc1ccc(C(=O)OC)cc1)c1ccccc1. The van der Waals surface area contributed by atoms with Crippen molar-refractivity contribution in [1.82, 2.24) is 0 Å². The van der Waals surface area contributed by atoms with Gasteiger partial charge >= 0.3 is 5.97 Å². The van der Waals surface area contributed by atoms with Gasteiger partial charge in [-0.3, -0.25) is 4.79 Å². The summed E-state index contributed by atoms with van der Waals surface area (Å²) in [5.41, 5.74) is 2.13. The largest absolute Gasteiger partial charge is 0.465 e. The molecule has 0 spiro atoms. The van der Waals surface area contributed by atoms with E-state index in [2.05, 4.69) is 10.1 Å². The van der Waals surface area contributed by atoms with Crippen molar-refractivity contribution in [3.63, 3.8) is 0 Å². The summed E-state index contributed by atoms with van der Waals surface area (Å²) >= 11 is 0. The average Bonchev–Trinajstić information content (AvgIpc) is 2.61. The third-order valence-electron chi connectivity index (χ3n) is 3.43. The van der Waals surface area contributed by atoms with Gasteiger partial charge in [0, 0.05) is 17.9 Å². The fraction of sp³-hybridized carbons (Fsp3) is 0.222. The third kappa shape index (κ3) is 4.32. The van der Waals surface area contributed by atoms with Crippen molar-refractivity contribution in [2.45, 2.75) is 6.92 Å². The van der Waals surface area contributed by atoms with Crippen LogP contribution in [0.1, 0.15) is 17.3 Å². The Hall–Kier alpha value is -2.82. The maximum atomic E-state index is 12.4. The van der Waals surface area contributed by atoms with Crippen molar-refractivity contribution in [2.75, 3.05) is 30.4 Å². The molecule has 0 saturated heterocycles. The number of likely N-dealkylation sites (N-methyl/N-ethyl adjacent to an activating group) is 1. The zero-order valence-electron chi connectivity index (χ0n) is 13.3. The molecule has 2 aromatic rings. The lowest BCUT2D eigenvalue weighted by Gasteiger charge is -2.21. The maximum absolute atomic E-state index is 12.4. The van der Waals surface area contributed by atoms with E-state index >= 15 is 0 Å². The first-order chi connectivity index (χ1) is 11.2. The van der Waals surface area contributed by atoms with E-state index in [4.69, 9.17) is 0 Å². The van der Waals surface area contributed by atoms with Gasteiger partial charge in [-0.05, 0) is 43.3 Å². The van der Waals surface area contributed by atoms with Crippen molar-refractivity contribution >= 4 is 23.3 Å². The van der Waals surface area contributed by atoms with E-state index in [-0.39, 0.29) is 18.4 Å². The second-order valence-corrected chi connectivity index (χ2v) is 4.90. The fourth-order valence-electron chi connectivity index (χ4n) is 2.23. The van der Waals surface area contributed by atoms with E-state index < -0.39 is 0 Å². The minimum absolute atomic E-state index is 0.0178. The molecule has 2 aromatic carbocycles. The van der Waals surface area contributed by atoms with Crippen LogP contribution in [0.2, 0.25) is 0 Å². The van der Waals surface area contributed by atoms with Crippen LogP contribution in [0.15, 0.2) is 54.6 Å². The van der Waals surface area contributed by atoms with E-state index in [1.165, 1.54) is 7.11 Å². The monoisotopic (exact) mass is 312 g/mol. The number of hydrogen-bond acceptors (Lipinski definition) is 4. The third-order valence-corrected chi connectivity index (χ3v) is 3.43. The number of nitrogens with zero attached hydrogens (tertiary/aromatic N) is 1. The molecule has 0 aliphatic carbocycles. The lowest BCUT2D eigenvalue weighted by atomic mass is 10.2. The van der Waals surface area contributed by atoms with Gasteiger partial charge in [0.05, 0.1) is 19.2 Å². The summed E-state index contributed by atoms with van der Waals surface area (Å²) in [7, 11) is 1.34. The minimum Gasteiger partial charge on any atom is -0.465 e. The van der Waals surface area contributed by atoms with Gasteiger partial charge in [-0.25, -0.2) is 4.79 Å². The van der Waals surface area contributed by atoms with Crippen LogP contribution in [0, 0.1) is 0 Å². The van der Waals surface area contributed by atoms with E-state index in [0.717, 1.165) is 11.4 Å². The van der Waals surface area contributed by atoms with Crippen molar-refractivity contribution in [1.29, 1.82) is 0 Å². The molecule has 1 N–H and O–H groups in total. The van der Waals surface area contributed by atoms with Crippen LogP contribution in [0.3, 0.4) is 0 Å². The Morgan fingerprint density at radius 2 is 1.70 bits per heavy atom. The highest BCUT2D eigenvalue weighted by molar-refractivity contribution is 5.96. The number of nitrogens with one attached hydrogen (secondary N) is 1. The first-order valence-electron chi connectivity index (χ1n) is 7.43. The van der Waals surface area contributed by atoms with Crippen LogP contribution in [0.5, 0.6) is 0 Å². The van der Waals surface area contributed by atoms with Crippen LogP contribution in [0.4, 0.5) is 11.4 Å². The molecule has 2 rings (SSSR count). The second-order valence-electron chi connectivity index (χ2n) is 4.90. The number of ether oxygens (including phenoxy) is 1. The normalized spacial score (nSPS) is 10.0. The van der Waals surface area contributed by atoms with Crippen LogP contribution in [-0.2, 0) is 9.53 Å². The van der Waals surface area contributed by atoms with Gasteiger partial charge in [-0.2, -0.15) is 0 Å². The molecule has 120 valence electrons. The molecule has 0 fully saturated rings. The highest BCUT2D eigenvalue weighted by Crippen LogP contribution is 2.14. The van der Waals surface area contributed by atoms with Crippen molar-refractivity contribution in [2.24, 2.45) is 0 Å².